The quantitative estimate of drug-likeness (QED) is 0.518. The third kappa shape index (κ3) is 7.78. The second kappa shape index (κ2) is 8.56. The Balaban J connectivity index is 2.09. The Bertz CT molecular complexity index is 391. The first-order valence-electron chi connectivity index (χ1n) is 6.95. The van der Waals surface area contributed by atoms with Gasteiger partial charge in [0, 0.05) is 19.0 Å². The summed E-state index contributed by atoms with van der Waals surface area (Å²) in [6.07, 6.45) is 3.90. The Morgan fingerprint density at radius 1 is 1.30 bits per heavy atom. The average molecular weight is 308 g/mol. The molecule has 1 aliphatic carbocycles. The molecule has 20 heavy (non-hydrogen) atoms. The zero-order valence-corrected chi connectivity index (χ0v) is 12.4. The van der Waals surface area contributed by atoms with E-state index in [0.717, 1.165) is 25.7 Å². The van der Waals surface area contributed by atoms with Crippen LogP contribution in [0.1, 0.15) is 38.5 Å². The number of carbonyl (C=O) groups is 1. The summed E-state index contributed by atoms with van der Waals surface area (Å²) in [5, 5.41) is 8.44. The number of carboxylic acids is 1. The average Bonchev–Trinajstić information content (AvgIpc) is 2.36. The van der Waals surface area contributed by atoms with Gasteiger partial charge in [0.25, 0.3) is 0 Å². The van der Waals surface area contributed by atoms with Gasteiger partial charge in [-0.25, -0.2) is 13.1 Å². The van der Waals surface area contributed by atoms with Crippen molar-refractivity contribution in [1.82, 2.24) is 4.72 Å². The second-order valence-corrected chi connectivity index (χ2v) is 7.04. The molecule has 0 aromatic carbocycles. The maximum Gasteiger partial charge on any atom is 0.303 e. The van der Waals surface area contributed by atoms with E-state index in [1.54, 1.807) is 0 Å². The summed E-state index contributed by atoms with van der Waals surface area (Å²) in [7, 11) is -3.40. The fourth-order valence-electron chi connectivity index (χ4n) is 2.16. The molecule has 0 aromatic heterocycles. The van der Waals surface area contributed by atoms with Gasteiger partial charge in [-0.1, -0.05) is 0 Å². The van der Waals surface area contributed by atoms with Crippen LogP contribution in [-0.2, 0) is 19.6 Å². The maximum atomic E-state index is 11.5. The summed E-state index contributed by atoms with van der Waals surface area (Å²) in [6, 6.07) is 0.266. The predicted octanol–water partition coefficient (Wildman–Crippen LogP) is 0.0571. The Morgan fingerprint density at radius 3 is 2.55 bits per heavy atom. The summed E-state index contributed by atoms with van der Waals surface area (Å²) < 4.78 is 31.1. The highest BCUT2D eigenvalue weighted by atomic mass is 32.2. The molecule has 0 aliphatic heterocycles. The van der Waals surface area contributed by atoms with E-state index in [2.05, 4.69) is 4.72 Å². The minimum Gasteiger partial charge on any atom is -0.481 e. The lowest BCUT2D eigenvalue weighted by Gasteiger charge is -2.26. The van der Waals surface area contributed by atoms with Crippen LogP contribution in [-0.4, -0.2) is 50.5 Å². The lowest BCUT2D eigenvalue weighted by atomic mass is 9.94. The molecule has 0 aromatic rings. The number of rotatable bonds is 9. The zero-order chi connectivity index (χ0) is 15.0. The number of sulfonamides is 1. The fraction of sp³-hybridized carbons (Fsp3) is 0.917. The van der Waals surface area contributed by atoms with Crippen molar-refractivity contribution in [3.05, 3.63) is 0 Å². The van der Waals surface area contributed by atoms with Crippen molar-refractivity contribution in [2.45, 2.75) is 50.7 Å². The molecular formula is C12H24N2O5S. The number of nitrogens with one attached hydrogen (secondary N) is 1. The van der Waals surface area contributed by atoms with Gasteiger partial charge in [-0.2, -0.15) is 0 Å². The smallest absolute Gasteiger partial charge is 0.303 e. The normalized spacial score (nSPS) is 23.6. The first-order chi connectivity index (χ1) is 9.39. The number of nitrogens with two attached hydrogens (primary N) is 1. The Hall–Kier alpha value is -0.700. The predicted molar refractivity (Wildman–Crippen MR) is 74.8 cm³/mol. The van der Waals surface area contributed by atoms with Gasteiger partial charge in [-0.15, -0.1) is 0 Å². The van der Waals surface area contributed by atoms with Crippen molar-refractivity contribution in [2.24, 2.45) is 5.73 Å². The van der Waals surface area contributed by atoms with E-state index in [1.165, 1.54) is 0 Å². The zero-order valence-electron chi connectivity index (χ0n) is 11.6. The molecule has 8 heteroatoms. The highest BCUT2D eigenvalue weighted by Gasteiger charge is 2.19. The summed E-state index contributed by atoms with van der Waals surface area (Å²) in [5.41, 5.74) is 5.79. The van der Waals surface area contributed by atoms with Crippen molar-refractivity contribution in [2.75, 3.05) is 18.9 Å². The first-order valence-corrected chi connectivity index (χ1v) is 8.60. The van der Waals surface area contributed by atoms with Crippen molar-refractivity contribution in [3.8, 4) is 0 Å². The van der Waals surface area contributed by atoms with Crippen LogP contribution in [0.3, 0.4) is 0 Å². The molecule has 0 radical (unpaired) electrons. The van der Waals surface area contributed by atoms with E-state index >= 15 is 0 Å². The van der Waals surface area contributed by atoms with Gasteiger partial charge < -0.3 is 15.6 Å². The van der Waals surface area contributed by atoms with Crippen LogP contribution in [0.2, 0.25) is 0 Å². The van der Waals surface area contributed by atoms with E-state index in [4.69, 9.17) is 15.6 Å². The van der Waals surface area contributed by atoms with E-state index in [-0.39, 0.29) is 37.3 Å². The van der Waals surface area contributed by atoms with Crippen LogP contribution in [0.25, 0.3) is 0 Å². The van der Waals surface area contributed by atoms with E-state index in [1.807, 2.05) is 0 Å². The highest BCUT2D eigenvalue weighted by molar-refractivity contribution is 7.89. The number of aliphatic carboxylic acids is 1. The van der Waals surface area contributed by atoms with Crippen LogP contribution in [0.4, 0.5) is 0 Å². The van der Waals surface area contributed by atoms with E-state index in [9.17, 15) is 13.2 Å². The third-order valence-electron chi connectivity index (χ3n) is 3.30. The minimum atomic E-state index is -3.40. The van der Waals surface area contributed by atoms with Gasteiger partial charge in [0.1, 0.15) is 0 Å². The molecule has 4 N–H and O–H groups in total. The first kappa shape index (κ1) is 17.4. The highest BCUT2D eigenvalue weighted by Crippen LogP contribution is 2.19. The molecule has 0 amide bonds. The van der Waals surface area contributed by atoms with Gasteiger partial charge in [0.2, 0.25) is 10.0 Å². The van der Waals surface area contributed by atoms with Gasteiger partial charge in [0.05, 0.1) is 18.5 Å². The number of carboxylic acid groups (broad SMARTS) is 1. The summed E-state index contributed by atoms with van der Waals surface area (Å²) in [6.45, 7) is 0.552. The van der Waals surface area contributed by atoms with Crippen molar-refractivity contribution in [1.29, 1.82) is 0 Å². The molecule has 1 aliphatic rings. The van der Waals surface area contributed by atoms with Crippen LogP contribution in [0.5, 0.6) is 0 Å². The van der Waals surface area contributed by atoms with Gasteiger partial charge in [0.15, 0.2) is 0 Å². The Labute approximate surface area is 119 Å². The SMILES string of the molecule is NC1CCC(OCCNS(=O)(=O)CCCC(=O)O)CC1. The molecule has 118 valence electrons. The molecule has 0 saturated heterocycles. The summed E-state index contributed by atoms with van der Waals surface area (Å²) >= 11 is 0. The van der Waals surface area contributed by atoms with Crippen molar-refractivity contribution in [3.63, 3.8) is 0 Å². The molecule has 7 nitrogen and oxygen atoms in total. The molecule has 1 saturated carbocycles. The molecule has 1 rings (SSSR count). The van der Waals surface area contributed by atoms with Crippen LogP contribution < -0.4 is 10.5 Å². The summed E-state index contributed by atoms with van der Waals surface area (Å²) in [5.74, 6) is -1.16. The molecule has 0 bridgehead atoms. The molecule has 0 spiro atoms. The number of ether oxygens (including phenoxy) is 1. The van der Waals surface area contributed by atoms with E-state index < -0.39 is 16.0 Å². The topological polar surface area (TPSA) is 119 Å². The largest absolute Gasteiger partial charge is 0.481 e. The van der Waals surface area contributed by atoms with Crippen LogP contribution in [0.15, 0.2) is 0 Å². The molecule has 0 unspecified atom stereocenters. The van der Waals surface area contributed by atoms with Crippen LogP contribution in [0, 0.1) is 0 Å². The second-order valence-electron chi connectivity index (χ2n) is 5.12. The van der Waals surface area contributed by atoms with Gasteiger partial charge in [-0.05, 0) is 32.1 Å². The van der Waals surface area contributed by atoms with Gasteiger partial charge in [-0.3, -0.25) is 4.79 Å². The molecular weight excluding hydrogens is 284 g/mol. The standard InChI is InChI=1S/C12H24N2O5S/c13-10-3-5-11(6-4-10)19-8-7-14-20(17,18)9-1-2-12(15)16/h10-11,14H,1-9,13H2,(H,15,16). The van der Waals surface area contributed by atoms with Crippen molar-refractivity contribution < 1.29 is 23.1 Å². The minimum absolute atomic E-state index is 0.117. The van der Waals surface area contributed by atoms with Crippen LogP contribution >= 0.6 is 0 Å². The fourth-order valence-corrected chi connectivity index (χ4v) is 3.23. The van der Waals surface area contributed by atoms with Gasteiger partial charge >= 0.3 is 5.97 Å². The number of hydrogen-bond donors (Lipinski definition) is 3. The van der Waals surface area contributed by atoms with E-state index in [0.29, 0.717) is 6.61 Å². The van der Waals surface area contributed by atoms with Crippen molar-refractivity contribution >= 4 is 16.0 Å². The lowest BCUT2D eigenvalue weighted by Crippen LogP contribution is -2.33. The summed E-state index contributed by atoms with van der Waals surface area (Å²) in [4.78, 5) is 10.3. The third-order valence-corrected chi connectivity index (χ3v) is 4.77. The molecule has 1 fully saturated rings. The Morgan fingerprint density at radius 2 is 1.95 bits per heavy atom. The molecule has 0 heterocycles. The number of hydrogen-bond acceptors (Lipinski definition) is 5. The maximum absolute atomic E-state index is 11.5. The Kier molecular flexibility index (Phi) is 7.42. The molecule has 0 atom stereocenters. The lowest BCUT2D eigenvalue weighted by molar-refractivity contribution is -0.137. The monoisotopic (exact) mass is 308 g/mol.